The predicted molar refractivity (Wildman–Crippen MR) is 58.0 cm³/mol. The Morgan fingerprint density at radius 2 is 2.06 bits per heavy atom. The number of fused-ring (bicyclic) bond motifs is 1. The van der Waals surface area contributed by atoms with Crippen LogP contribution in [0.4, 0.5) is 5.69 Å². The fourth-order valence-electron chi connectivity index (χ4n) is 1.68. The van der Waals surface area contributed by atoms with Crippen LogP contribution in [0.5, 0.6) is 0 Å². The first kappa shape index (κ1) is 10.4. The van der Waals surface area contributed by atoms with Crippen LogP contribution < -0.4 is 9.57 Å². The lowest BCUT2D eigenvalue weighted by atomic mass is 10.2. The zero-order chi connectivity index (χ0) is 11.7. The lowest BCUT2D eigenvalue weighted by molar-refractivity contribution is -0.869. The number of hydrogen-bond acceptors (Lipinski definition) is 3. The molecule has 16 heavy (non-hydrogen) atoms. The van der Waals surface area contributed by atoms with E-state index < -0.39 is 4.92 Å². The summed E-state index contributed by atoms with van der Waals surface area (Å²) in [6, 6.07) is 8.38. The molecule has 2 aromatic rings. The van der Waals surface area contributed by atoms with Gasteiger partial charge in [0.25, 0.3) is 11.2 Å². The van der Waals surface area contributed by atoms with E-state index in [4.69, 9.17) is 4.84 Å². The smallest absolute Gasteiger partial charge is 0.270 e. The van der Waals surface area contributed by atoms with Gasteiger partial charge in [0.05, 0.1) is 10.3 Å². The van der Waals surface area contributed by atoms with Crippen molar-refractivity contribution in [3.8, 4) is 0 Å². The van der Waals surface area contributed by atoms with Crippen molar-refractivity contribution >= 4 is 16.6 Å². The van der Waals surface area contributed by atoms with Gasteiger partial charge in [-0.3, -0.25) is 15.0 Å². The number of aromatic nitrogens is 1. The minimum atomic E-state index is -0.406. The fourth-order valence-corrected chi connectivity index (χ4v) is 1.68. The van der Waals surface area contributed by atoms with E-state index in [9.17, 15) is 10.1 Å². The zero-order valence-electron chi connectivity index (χ0n) is 9.01. The molecule has 5 heteroatoms. The fraction of sp³-hybridized carbons (Fsp3) is 0.182. The van der Waals surface area contributed by atoms with E-state index in [-0.39, 0.29) is 5.69 Å². The molecule has 5 nitrogen and oxygen atoms in total. The summed E-state index contributed by atoms with van der Waals surface area (Å²) in [4.78, 5) is 15.4. The molecule has 0 aliphatic rings. The third-order valence-corrected chi connectivity index (χ3v) is 2.45. The molecule has 1 aromatic carbocycles. The molecule has 1 heterocycles. The number of rotatable bonds is 2. The first-order chi connectivity index (χ1) is 7.63. The number of benzene rings is 1. The van der Waals surface area contributed by atoms with Gasteiger partial charge in [-0.2, -0.15) is 0 Å². The summed E-state index contributed by atoms with van der Waals surface area (Å²) in [5.74, 6) is 0. The number of nitrogens with zero attached hydrogens (tertiary/aromatic N) is 2. The molecule has 0 saturated heterocycles. The Morgan fingerprint density at radius 1 is 1.31 bits per heavy atom. The van der Waals surface area contributed by atoms with Gasteiger partial charge in [-0.15, -0.1) is 0 Å². The Bertz CT molecular complexity index is 566. The summed E-state index contributed by atoms with van der Waals surface area (Å²) in [7, 11) is 1.56. The van der Waals surface area contributed by atoms with Crippen molar-refractivity contribution in [3.05, 3.63) is 46.1 Å². The van der Waals surface area contributed by atoms with Crippen LogP contribution in [0, 0.1) is 17.0 Å². The summed E-state index contributed by atoms with van der Waals surface area (Å²) in [5.41, 5.74) is 1.83. The number of nitro groups is 1. The third-order valence-electron chi connectivity index (χ3n) is 2.45. The molecule has 0 aliphatic heterocycles. The van der Waals surface area contributed by atoms with Gasteiger partial charge >= 0.3 is 0 Å². The maximum atomic E-state index is 10.6. The molecular formula is C11H11N2O3+. The Labute approximate surface area is 92.0 Å². The van der Waals surface area contributed by atoms with Gasteiger partial charge in [0.1, 0.15) is 7.11 Å². The van der Waals surface area contributed by atoms with Crippen molar-refractivity contribution in [2.45, 2.75) is 6.92 Å². The van der Waals surface area contributed by atoms with E-state index in [2.05, 4.69) is 0 Å². The summed E-state index contributed by atoms with van der Waals surface area (Å²) < 4.78 is 1.64. The largest absolute Gasteiger partial charge is 0.274 e. The molecule has 82 valence electrons. The summed E-state index contributed by atoms with van der Waals surface area (Å²) in [6.07, 6.45) is 0. The quantitative estimate of drug-likeness (QED) is 0.436. The lowest BCUT2D eigenvalue weighted by Gasteiger charge is -2.00. The zero-order valence-corrected chi connectivity index (χ0v) is 9.01. The molecule has 0 saturated carbocycles. The first-order valence-electron chi connectivity index (χ1n) is 4.78. The van der Waals surface area contributed by atoms with Crippen LogP contribution in [0.15, 0.2) is 30.3 Å². The van der Waals surface area contributed by atoms with Crippen LogP contribution in [-0.4, -0.2) is 12.0 Å². The Morgan fingerprint density at radius 3 is 2.69 bits per heavy atom. The molecule has 0 aliphatic carbocycles. The van der Waals surface area contributed by atoms with Gasteiger partial charge in [-0.25, -0.2) is 0 Å². The Hall–Kier alpha value is -2.17. The minimum Gasteiger partial charge on any atom is -0.274 e. The molecule has 2 rings (SSSR count). The van der Waals surface area contributed by atoms with E-state index in [1.807, 2.05) is 19.1 Å². The van der Waals surface area contributed by atoms with Gasteiger partial charge in [-0.05, 0) is 6.07 Å². The van der Waals surface area contributed by atoms with Crippen molar-refractivity contribution in [3.63, 3.8) is 0 Å². The van der Waals surface area contributed by atoms with Crippen molar-refractivity contribution in [1.29, 1.82) is 0 Å². The molecule has 1 aromatic heterocycles. The number of non-ortho nitro benzene ring substituents is 1. The standard InChI is InChI=1S/C11H11N2O3/c1-8-3-4-9-7-10(13(14)15)5-6-11(9)12(8)16-2/h3-7H,1-2H3/q+1. The molecule has 0 spiro atoms. The van der Waals surface area contributed by atoms with Crippen LogP contribution in [0.3, 0.4) is 0 Å². The molecule has 0 radical (unpaired) electrons. The highest BCUT2D eigenvalue weighted by Gasteiger charge is 2.16. The average molecular weight is 219 g/mol. The number of aryl methyl sites for hydroxylation is 1. The van der Waals surface area contributed by atoms with E-state index in [1.54, 1.807) is 17.9 Å². The average Bonchev–Trinajstić information content (AvgIpc) is 2.28. The summed E-state index contributed by atoms with van der Waals surface area (Å²) in [6.45, 7) is 1.91. The van der Waals surface area contributed by atoms with Crippen molar-refractivity contribution in [1.82, 2.24) is 0 Å². The molecule has 0 bridgehead atoms. The number of pyridine rings is 1. The number of hydrogen-bond donors (Lipinski definition) is 0. The van der Waals surface area contributed by atoms with Crippen molar-refractivity contribution in [2.75, 3.05) is 7.11 Å². The van der Waals surface area contributed by atoms with Gasteiger partial charge in [0, 0.05) is 35.9 Å². The molecule has 0 unspecified atom stereocenters. The Balaban J connectivity index is 2.73. The monoisotopic (exact) mass is 219 g/mol. The van der Waals surface area contributed by atoms with Crippen LogP contribution in [-0.2, 0) is 0 Å². The van der Waals surface area contributed by atoms with E-state index in [1.165, 1.54) is 12.1 Å². The molecule has 0 fully saturated rings. The van der Waals surface area contributed by atoms with Crippen molar-refractivity contribution < 1.29 is 14.5 Å². The maximum absolute atomic E-state index is 10.6. The van der Waals surface area contributed by atoms with Gasteiger partial charge in [-0.1, -0.05) is 0 Å². The highest BCUT2D eigenvalue weighted by molar-refractivity contribution is 5.78. The molecule has 0 N–H and O–H groups in total. The van der Waals surface area contributed by atoms with Crippen molar-refractivity contribution in [2.24, 2.45) is 0 Å². The van der Waals surface area contributed by atoms with E-state index in [0.717, 1.165) is 16.6 Å². The third kappa shape index (κ3) is 1.56. The van der Waals surface area contributed by atoms with Gasteiger partial charge in [0.2, 0.25) is 5.69 Å². The first-order valence-corrected chi connectivity index (χ1v) is 4.78. The minimum absolute atomic E-state index is 0.0824. The maximum Gasteiger partial charge on any atom is 0.270 e. The topological polar surface area (TPSA) is 56.2 Å². The van der Waals surface area contributed by atoms with Crippen LogP contribution in [0.2, 0.25) is 0 Å². The predicted octanol–water partition coefficient (Wildman–Crippen LogP) is 1.40. The second-order valence-electron chi connectivity index (χ2n) is 3.45. The van der Waals surface area contributed by atoms with Gasteiger partial charge in [0.15, 0.2) is 0 Å². The highest BCUT2D eigenvalue weighted by atomic mass is 16.6. The highest BCUT2D eigenvalue weighted by Crippen LogP contribution is 2.18. The SMILES string of the molecule is CO[n+]1c(C)ccc2cc([N+](=O)[O-])ccc21. The Kier molecular flexibility index (Phi) is 2.44. The molecule has 0 amide bonds. The summed E-state index contributed by atoms with van der Waals surface area (Å²) in [5, 5.41) is 11.4. The molecular weight excluding hydrogens is 208 g/mol. The van der Waals surface area contributed by atoms with Crippen LogP contribution >= 0.6 is 0 Å². The second-order valence-corrected chi connectivity index (χ2v) is 3.45. The lowest BCUT2D eigenvalue weighted by Crippen LogP contribution is -2.43. The van der Waals surface area contributed by atoms with Gasteiger partial charge < -0.3 is 0 Å². The second kappa shape index (κ2) is 3.77. The van der Waals surface area contributed by atoms with Crippen LogP contribution in [0.1, 0.15) is 5.69 Å². The normalized spacial score (nSPS) is 10.4. The summed E-state index contributed by atoms with van der Waals surface area (Å²) >= 11 is 0. The molecule has 0 atom stereocenters. The van der Waals surface area contributed by atoms with E-state index >= 15 is 0 Å². The van der Waals surface area contributed by atoms with Crippen LogP contribution in [0.25, 0.3) is 10.9 Å². The number of nitro benzene ring substituents is 1. The van der Waals surface area contributed by atoms with E-state index in [0.29, 0.717) is 0 Å².